The lowest BCUT2D eigenvalue weighted by molar-refractivity contribution is -0.137. The van der Waals surface area contributed by atoms with Crippen molar-refractivity contribution in [2.24, 2.45) is 0 Å². The second-order valence-electron chi connectivity index (χ2n) is 7.12. The monoisotopic (exact) mass is 494 g/mol. The second kappa shape index (κ2) is 10.3. The summed E-state index contributed by atoms with van der Waals surface area (Å²) in [5.74, 6) is -15.6. The Morgan fingerprint density at radius 2 is 0.516 bits per heavy atom. The Kier molecular flexibility index (Phi) is 9.97. The van der Waals surface area contributed by atoms with Crippen LogP contribution in [-0.2, 0) is 0 Å². The first-order valence-electron chi connectivity index (χ1n) is 8.82. The van der Waals surface area contributed by atoms with E-state index in [0.717, 1.165) is 0 Å². The summed E-state index contributed by atoms with van der Waals surface area (Å²) >= 11 is 0. The Labute approximate surface area is 167 Å². The van der Waals surface area contributed by atoms with Crippen LogP contribution in [0.3, 0.4) is 0 Å². The molecular formula is C15H18BF15. The van der Waals surface area contributed by atoms with Crippen molar-refractivity contribution in [1.29, 1.82) is 0 Å². The van der Waals surface area contributed by atoms with E-state index in [1.165, 1.54) is 0 Å². The van der Waals surface area contributed by atoms with Crippen LogP contribution < -0.4 is 0 Å². The molecule has 0 nitrogen and oxygen atoms in total. The molecule has 0 amide bonds. The highest BCUT2D eigenvalue weighted by Gasteiger charge is 2.69. The molecule has 0 aromatic heterocycles. The van der Waals surface area contributed by atoms with E-state index in [4.69, 9.17) is 0 Å². The molecule has 0 bridgehead atoms. The third kappa shape index (κ3) is 12.6. The smallest absolute Gasteiger partial charge is 0.217 e. The minimum atomic E-state index is -5.20. The van der Waals surface area contributed by atoms with Crippen molar-refractivity contribution >= 4 is 6.71 Å². The maximum absolute atomic E-state index is 14.2. The zero-order chi connectivity index (χ0) is 24.9. The van der Waals surface area contributed by atoms with E-state index < -0.39 is 100 Å². The van der Waals surface area contributed by atoms with E-state index in [0.29, 0.717) is 0 Å². The van der Waals surface area contributed by atoms with Crippen LogP contribution in [0, 0.1) is 0 Å². The first-order valence-corrected chi connectivity index (χ1v) is 8.82. The third-order valence-electron chi connectivity index (χ3n) is 4.18. The number of hydrogen-bond donors (Lipinski definition) is 0. The molecule has 0 radical (unpaired) electrons. The van der Waals surface area contributed by atoms with Gasteiger partial charge in [0.15, 0.2) is 0 Å². The topological polar surface area (TPSA) is 0 Å². The summed E-state index contributed by atoms with van der Waals surface area (Å²) < 4.78 is 194. The van der Waals surface area contributed by atoms with E-state index >= 15 is 0 Å². The molecule has 0 spiro atoms. The Hall–Kier alpha value is -0.985. The van der Waals surface area contributed by atoms with Gasteiger partial charge >= 0.3 is 25.2 Å². The standard InChI is InChI=1S/C15H18BF15/c17-10(18,4-1-7-13(23,24)25)16(11(19,20)5-2-8-14(26,27)28)12(21,22)6-3-9-15(29,30)31/h1-9H2. The van der Waals surface area contributed by atoms with Gasteiger partial charge in [0.1, 0.15) is 0 Å². The largest absolute Gasteiger partial charge is 0.395 e. The quantitative estimate of drug-likeness (QED) is 0.190. The van der Waals surface area contributed by atoms with Gasteiger partial charge in [-0.2, -0.15) is 39.5 Å². The van der Waals surface area contributed by atoms with Crippen molar-refractivity contribution in [3.63, 3.8) is 0 Å². The molecule has 0 aromatic carbocycles. The van der Waals surface area contributed by atoms with Crippen LogP contribution in [0.4, 0.5) is 65.9 Å². The molecule has 0 heterocycles. The van der Waals surface area contributed by atoms with Gasteiger partial charge in [-0.3, -0.25) is 0 Å². The summed E-state index contributed by atoms with van der Waals surface area (Å²) in [6, 6.07) is 0. The second-order valence-corrected chi connectivity index (χ2v) is 7.12. The van der Waals surface area contributed by atoms with Crippen molar-refractivity contribution in [2.75, 3.05) is 0 Å². The minimum absolute atomic E-state index is 1.55. The molecule has 16 heteroatoms. The fourth-order valence-corrected chi connectivity index (χ4v) is 2.93. The van der Waals surface area contributed by atoms with Gasteiger partial charge in [0.25, 0.3) is 0 Å². The minimum Gasteiger partial charge on any atom is -0.217 e. The van der Waals surface area contributed by atoms with Crippen molar-refractivity contribution in [3.05, 3.63) is 0 Å². The zero-order valence-electron chi connectivity index (χ0n) is 15.6. The fourth-order valence-electron chi connectivity index (χ4n) is 2.93. The molecule has 0 aromatic rings. The van der Waals surface area contributed by atoms with Gasteiger partial charge in [0.05, 0.1) is 0 Å². The van der Waals surface area contributed by atoms with Crippen LogP contribution in [-0.4, -0.2) is 42.7 Å². The molecule has 186 valence electrons. The third-order valence-corrected chi connectivity index (χ3v) is 4.18. The Morgan fingerprint density at radius 1 is 0.323 bits per heavy atom. The average Bonchev–Trinajstić information content (AvgIpc) is 2.40. The number of rotatable bonds is 12. The Morgan fingerprint density at radius 3 is 0.677 bits per heavy atom. The van der Waals surface area contributed by atoms with Crippen LogP contribution >= 0.6 is 0 Å². The molecule has 0 aliphatic carbocycles. The molecule has 31 heavy (non-hydrogen) atoms. The highest BCUT2D eigenvalue weighted by Crippen LogP contribution is 2.46. The van der Waals surface area contributed by atoms with Gasteiger partial charge in [-0.1, -0.05) is 0 Å². The van der Waals surface area contributed by atoms with Gasteiger partial charge < -0.3 is 0 Å². The van der Waals surface area contributed by atoms with E-state index in [2.05, 4.69) is 0 Å². The van der Waals surface area contributed by atoms with E-state index in [1.54, 1.807) is 0 Å². The van der Waals surface area contributed by atoms with Crippen LogP contribution in [0.5, 0.6) is 0 Å². The lowest BCUT2D eigenvalue weighted by atomic mass is 9.33. The molecule has 0 saturated carbocycles. The first kappa shape index (κ1) is 30.0. The van der Waals surface area contributed by atoms with Crippen LogP contribution in [0.2, 0.25) is 0 Å². The van der Waals surface area contributed by atoms with E-state index in [9.17, 15) is 65.9 Å². The number of halogens is 15. The summed E-state index contributed by atoms with van der Waals surface area (Å²) in [6.45, 7) is -4.37. The molecule has 0 aliphatic heterocycles. The summed E-state index contributed by atoms with van der Waals surface area (Å²) in [6.07, 6.45) is -31.8. The molecule has 0 rings (SSSR count). The highest BCUT2D eigenvalue weighted by atomic mass is 19.4. The van der Waals surface area contributed by atoms with Gasteiger partial charge in [-0.25, -0.2) is 26.3 Å². The maximum atomic E-state index is 14.2. The number of alkyl halides is 15. The van der Waals surface area contributed by atoms with Crippen molar-refractivity contribution < 1.29 is 65.9 Å². The fraction of sp³-hybridized carbons (Fsp3) is 1.00. The molecule has 0 N–H and O–H groups in total. The average molecular weight is 494 g/mol. The maximum Gasteiger partial charge on any atom is 0.395 e. The lowest BCUT2D eigenvalue weighted by Gasteiger charge is -2.35. The van der Waals surface area contributed by atoms with Crippen LogP contribution in [0.15, 0.2) is 0 Å². The van der Waals surface area contributed by atoms with Gasteiger partial charge in [-0.05, 0) is 19.3 Å². The first-order chi connectivity index (χ1) is 13.5. The number of hydrogen-bond acceptors (Lipinski definition) is 0. The molecule has 0 fully saturated rings. The summed E-state index contributed by atoms with van der Waals surface area (Å²) in [4.78, 5) is 0. The van der Waals surface area contributed by atoms with Crippen LogP contribution in [0.25, 0.3) is 0 Å². The molecule has 0 unspecified atom stereocenters. The van der Waals surface area contributed by atoms with E-state index in [1.807, 2.05) is 0 Å². The SMILES string of the molecule is FC(F)(F)CCCC(F)(F)B(C(F)(F)CCCC(F)(F)F)C(F)(F)CCCC(F)(F)F. The molecule has 0 atom stereocenters. The summed E-state index contributed by atoms with van der Waals surface area (Å²) in [7, 11) is 0. The highest BCUT2D eigenvalue weighted by molar-refractivity contribution is 6.66. The van der Waals surface area contributed by atoms with Crippen LogP contribution in [0.1, 0.15) is 57.8 Å². The summed E-state index contributed by atoms with van der Waals surface area (Å²) in [5, 5.41) is 0. The molecule has 0 saturated heterocycles. The van der Waals surface area contributed by atoms with Crippen molar-refractivity contribution in [1.82, 2.24) is 0 Å². The Bertz CT molecular complexity index is 456. The predicted octanol–water partition coefficient (Wildman–Crippen LogP) is 8.20. The van der Waals surface area contributed by atoms with Gasteiger partial charge in [0, 0.05) is 38.5 Å². The van der Waals surface area contributed by atoms with Gasteiger partial charge in [-0.15, -0.1) is 0 Å². The normalized spacial score (nSPS) is 14.8. The van der Waals surface area contributed by atoms with Crippen molar-refractivity contribution in [2.45, 2.75) is 93.8 Å². The predicted molar refractivity (Wildman–Crippen MR) is 80.3 cm³/mol. The van der Waals surface area contributed by atoms with Crippen molar-refractivity contribution in [3.8, 4) is 0 Å². The van der Waals surface area contributed by atoms with Gasteiger partial charge in [0.2, 0.25) is 17.5 Å². The van der Waals surface area contributed by atoms with E-state index in [-0.39, 0.29) is 0 Å². The molecular weight excluding hydrogens is 476 g/mol. The zero-order valence-corrected chi connectivity index (χ0v) is 15.6. The Balaban J connectivity index is 5.66. The summed E-state index contributed by atoms with van der Waals surface area (Å²) in [5.41, 5.74) is 0. The lowest BCUT2D eigenvalue weighted by Crippen LogP contribution is -2.62. The molecule has 0 aliphatic rings.